The molecule has 0 bridgehead atoms. The third kappa shape index (κ3) is 6.36. The first-order chi connectivity index (χ1) is 8.59. The summed E-state index contributed by atoms with van der Waals surface area (Å²) in [5, 5.41) is 6.25. The molecule has 1 fully saturated rings. The van der Waals surface area contributed by atoms with Crippen molar-refractivity contribution < 1.29 is 9.53 Å². The molecule has 0 aromatic rings. The molecule has 1 aliphatic heterocycles. The highest BCUT2D eigenvalue weighted by atomic mass is 16.5. The molecule has 2 unspecified atom stereocenters. The predicted octanol–water partition coefficient (Wildman–Crippen LogP) is 1.55. The predicted molar refractivity (Wildman–Crippen MR) is 73.5 cm³/mol. The topological polar surface area (TPSA) is 50.4 Å². The molecule has 0 aromatic heterocycles. The lowest BCUT2D eigenvalue weighted by atomic mass is 10.1. The monoisotopic (exact) mass is 256 g/mol. The summed E-state index contributed by atoms with van der Waals surface area (Å²) in [5.41, 5.74) is 0. The zero-order valence-electron chi connectivity index (χ0n) is 12.0. The molecule has 18 heavy (non-hydrogen) atoms. The molecular formula is C14H28N2O2. The van der Waals surface area contributed by atoms with E-state index in [1.54, 1.807) is 0 Å². The smallest absolute Gasteiger partial charge is 0.236 e. The van der Waals surface area contributed by atoms with Crippen molar-refractivity contribution in [2.24, 2.45) is 11.8 Å². The summed E-state index contributed by atoms with van der Waals surface area (Å²) in [6.45, 7) is 9.71. The minimum Gasteiger partial charge on any atom is -0.381 e. The number of hydrogen-bond acceptors (Lipinski definition) is 3. The minimum absolute atomic E-state index is 0.0977. The van der Waals surface area contributed by atoms with Gasteiger partial charge in [0.25, 0.3) is 0 Å². The largest absolute Gasteiger partial charge is 0.381 e. The summed E-state index contributed by atoms with van der Waals surface area (Å²) in [7, 11) is 0. The van der Waals surface area contributed by atoms with E-state index in [4.69, 9.17) is 4.74 Å². The summed E-state index contributed by atoms with van der Waals surface area (Å²) >= 11 is 0. The summed E-state index contributed by atoms with van der Waals surface area (Å²) in [6, 6.07) is -0.0977. The third-order valence-corrected chi connectivity index (χ3v) is 3.44. The summed E-state index contributed by atoms with van der Waals surface area (Å²) in [5.74, 6) is 1.42. The van der Waals surface area contributed by atoms with Crippen LogP contribution in [-0.4, -0.2) is 38.3 Å². The van der Waals surface area contributed by atoms with Crippen LogP contribution in [0.15, 0.2) is 0 Å². The van der Waals surface area contributed by atoms with E-state index in [0.29, 0.717) is 11.8 Å². The summed E-state index contributed by atoms with van der Waals surface area (Å²) in [6.07, 6.45) is 3.30. The molecule has 4 heteroatoms. The zero-order valence-corrected chi connectivity index (χ0v) is 12.0. The van der Waals surface area contributed by atoms with Gasteiger partial charge in [0.1, 0.15) is 0 Å². The van der Waals surface area contributed by atoms with E-state index < -0.39 is 0 Å². The molecule has 2 N–H and O–H groups in total. The van der Waals surface area contributed by atoms with Crippen molar-refractivity contribution >= 4 is 5.91 Å². The maximum atomic E-state index is 11.8. The fraction of sp³-hybridized carbons (Fsp3) is 0.929. The van der Waals surface area contributed by atoms with Crippen LogP contribution in [0.3, 0.4) is 0 Å². The lowest BCUT2D eigenvalue weighted by Gasteiger charge is -2.15. The van der Waals surface area contributed by atoms with Gasteiger partial charge in [0.15, 0.2) is 0 Å². The molecule has 0 spiro atoms. The van der Waals surface area contributed by atoms with Crippen LogP contribution in [0, 0.1) is 11.8 Å². The Balaban J connectivity index is 2.03. The van der Waals surface area contributed by atoms with E-state index in [0.717, 1.165) is 45.6 Å². The Morgan fingerprint density at radius 3 is 2.72 bits per heavy atom. The van der Waals surface area contributed by atoms with Crippen molar-refractivity contribution in [3.05, 3.63) is 0 Å². The van der Waals surface area contributed by atoms with Crippen LogP contribution >= 0.6 is 0 Å². The summed E-state index contributed by atoms with van der Waals surface area (Å²) < 4.78 is 5.33. The normalized spacial score (nSPS) is 21.2. The van der Waals surface area contributed by atoms with Gasteiger partial charge in [-0.2, -0.15) is 0 Å². The molecule has 0 saturated carbocycles. The zero-order chi connectivity index (χ0) is 13.4. The number of ether oxygens (including phenoxy) is 1. The van der Waals surface area contributed by atoms with E-state index in [2.05, 4.69) is 24.5 Å². The second-order valence-corrected chi connectivity index (χ2v) is 5.67. The Bertz CT molecular complexity index is 238. The SMILES string of the molecule is CC(C)CCNC(=O)C(C)NCCC1CCOC1. The first-order valence-electron chi connectivity index (χ1n) is 7.18. The molecule has 1 aliphatic rings. The second-order valence-electron chi connectivity index (χ2n) is 5.67. The highest BCUT2D eigenvalue weighted by molar-refractivity contribution is 5.81. The number of rotatable bonds is 8. The minimum atomic E-state index is -0.0977. The van der Waals surface area contributed by atoms with Crippen LogP contribution in [0.5, 0.6) is 0 Å². The van der Waals surface area contributed by atoms with Crippen molar-refractivity contribution in [1.82, 2.24) is 10.6 Å². The molecule has 0 radical (unpaired) electrons. The first kappa shape index (κ1) is 15.4. The number of nitrogens with one attached hydrogen (secondary N) is 2. The second kappa shape index (κ2) is 8.48. The Kier molecular flexibility index (Phi) is 7.28. The van der Waals surface area contributed by atoms with Crippen molar-refractivity contribution in [2.45, 2.75) is 46.1 Å². The van der Waals surface area contributed by atoms with Crippen molar-refractivity contribution in [3.8, 4) is 0 Å². The summed E-state index contributed by atoms with van der Waals surface area (Å²) in [4.78, 5) is 11.8. The van der Waals surface area contributed by atoms with Gasteiger partial charge in [0, 0.05) is 19.8 Å². The van der Waals surface area contributed by atoms with Crippen LogP contribution in [0.1, 0.15) is 40.0 Å². The van der Waals surface area contributed by atoms with Gasteiger partial charge in [0.05, 0.1) is 6.04 Å². The Hall–Kier alpha value is -0.610. The molecule has 2 atom stereocenters. The average molecular weight is 256 g/mol. The molecular weight excluding hydrogens is 228 g/mol. The number of carbonyl (C=O) groups excluding carboxylic acids is 1. The molecule has 1 saturated heterocycles. The van der Waals surface area contributed by atoms with Crippen LogP contribution in [-0.2, 0) is 9.53 Å². The standard InChI is InChI=1S/C14H28N2O2/c1-11(2)4-7-16-14(17)12(3)15-8-5-13-6-9-18-10-13/h11-13,15H,4-10H2,1-3H3,(H,16,17). The molecule has 106 valence electrons. The van der Waals surface area contributed by atoms with Gasteiger partial charge >= 0.3 is 0 Å². The molecule has 1 heterocycles. The average Bonchev–Trinajstić information content (AvgIpc) is 2.81. The highest BCUT2D eigenvalue weighted by Crippen LogP contribution is 2.15. The molecule has 0 aromatic carbocycles. The van der Waals surface area contributed by atoms with Crippen LogP contribution in [0.4, 0.5) is 0 Å². The van der Waals surface area contributed by atoms with Gasteiger partial charge < -0.3 is 15.4 Å². The number of hydrogen-bond donors (Lipinski definition) is 2. The van der Waals surface area contributed by atoms with Crippen LogP contribution in [0.2, 0.25) is 0 Å². The lowest BCUT2D eigenvalue weighted by molar-refractivity contribution is -0.122. The van der Waals surface area contributed by atoms with E-state index in [9.17, 15) is 4.79 Å². The van der Waals surface area contributed by atoms with E-state index in [1.807, 2.05) is 6.92 Å². The van der Waals surface area contributed by atoms with Crippen molar-refractivity contribution in [2.75, 3.05) is 26.3 Å². The Morgan fingerprint density at radius 2 is 2.11 bits per heavy atom. The fourth-order valence-corrected chi connectivity index (χ4v) is 2.04. The van der Waals surface area contributed by atoms with Gasteiger partial charge in [-0.25, -0.2) is 0 Å². The van der Waals surface area contributed by atoms with Gasteiger partial charge in [0.2, 0.25) is 5.91 Å². The van der Waals surface area contributed by atoms with Crippen LogP contribution in [0.25, 0.3) is 0 Å². The van der Waals surface area contributed by atoms with Crippen LogP contribution < -0.4 is 10.6 Å². The van der Waals surface area contributed by atoms with Gasteiger partial charge in [-0.1, -0.05) is 13.8 Å². The lowest BCUT2D eigenvalue weighted by Crippen LogP contribution is -2.43. The maximum absolute atomic E-state index is 11.8. The van der Waals surface area contributed by atoms with E-state index >= 15 is 0 Å². The Morgan fingerprint density at radius 1 is 1.33 bits per heavy atom. The Labute approximate surface area is 111 Å². The number of amides is 1. The molecule has 1 rings (SSSR count). The van der Waals surface area contributed by atoms with E-state index in [-0.39, 0.29) is 11.9 Å². The van der Waals surface area contributed by atoms with Crippen molar-refractivity contribution in [1.29, 1.82) is 0 Å². The fourth-order valence-electron chi connectivity index (χ4n) is 2.04. The first-order valence-corrected chi connectivity index (χ1v) is 7.18. The van der Waals surface area contributed by atoms with Gasteiger partial charge in [-0.05, 0) is 44.6 Å². The van der Waals surface area contributed by atoms with Crippen molar-refractivity contribution in [3.63, 3.8) is 0 Å². The number of carbonyl (C=O) groups is 1. The molecule has 4 nitrogen and oxygen atoms in total. The van der Waals surface area contributed by atoms with Gasteiger partial charge in [-0.15, -0.1) is 0 Å². The third-order valence-electron chi connectivity index (χ3n) is 3.44. The molecule has 1 amide bonds. The quantitative estimate of drug-likeness (QED) is 0.693. The van der Waals surface area contributed by atoms with E-state index in [1.165, 1.54) is 0 Å². The maximum Gasteiger partial charge on any atom is 0.236 e. The van der Waals surface area contributed by atoms with Gasteiger partial charge in [-0.3, -0.25) is 4.79 Å². The molecule has 0 aliphatic carbocycles. The highest BCUT2D eigenvalue weighted by Gasteiger charge is 2.16.